The predicted molar refractivity (Wildman–Crippen MR) is 59.5 cm³/mol. The van der Waals surface area contributed by atoms with E-state index in [2.05, 4.69) is 0 Å². The van der Waals surface area contributed by atoms with Crippen LogP contribution in [0.15, 0.2) is 18.2 Å². The lowest BCUT2D eigenvalue weighted by atomic mass is 10.0. The van der Waals surface area contributed by atoms with Crippen molar-refractivity contribution >= 4 is 5.69 Å². The Balaban J connectivity index is 3.08. The molecule has 0 amide bonds. The average molecular weight is 194 g/mol. The fraction of sp³-hybridized carbons (Fsp3) is 0.455. The zero-order chi connectivity index (χ0) is 10.7. The van der Waals surface area contributed by atoms with Crippen LogP contribution in [0.3, 0.4) is 0 Å². The molecule has 0 aliphatic heterocycles. The van der Waals surface area contributed by atoms with E-state index in [1.165, 1.54) is 0 Å². The van der Waals surface area contributed by atoms with Gasteiger partial charge in [0.1, 0.15) is 0 Å². The van der Waals surface area contributed by atoms with Crippen molar-refractivity contribution in [1.29, 1.82) is 0 Å². The first kappa shape index (κ1) is 11.0. The van der Waals surface area contributed by atoms with Gasteiger partial charge in [0.2, 0.25) is 0 Å². The molecule has 0 saturated carbocycles. The molecule has 1 atom stereocenters. The quantitative estimate of drug-likeness (QED) is 0.756. The van der Waals surface area contributed by atoms with Gasteiger partial charge in [0.25, 0.3) is 0 Å². The van der Waals surface area contributed by atoms with Gasteiger partial charge in [0.15, 0.2) is 0 Å². The van der Waals surface area contributed by atoms with Gasteiger partial charge >= 0.3 is 0 Å². The second-order valence-corrected chi connectivity index (χ2v) is 3.72. The van der Waals surface area contributed by atoms with Crippen molar-refractivity contribution in [3.8, 4) is 0 Å². The van der Waals surface area contributed by atoms with E-state index in [0.717, 1.165) is 16.8 Å². The highest BCUT2D eigenvalue weighted by Gasteiger charge is 2.08. The minimum Gasteiger partial charge on any atom is -0.394 e. The third-order valence-electron chi connectivity index (χ3n) is 2.38. The third-order valence-corrected chi connectivity index (χ3v) is 2.38. The van der Waals surface area contributed by atoms with Gasteiger partial charge in [-0.25, -0.2) is 0 Å². The maximum atomic E-state index is 9.00. The van der Waals surface area contributed by atoms with E-state index in [0.29, 0.717) is 0 Å². The molecule has 0 aromatic heterocycles. The van der Waals surface area contributed by atoms with Crippen molar-refractivity contribution in [2.45, 2.75) is 13.0 Å². The fourth-order valence-corrected chi connectivity index (χ4v) is 1.40. The summed E-state index contributed by atoms with van der Waals surface area (Å²) in [6, 6.07) is 5.81. The molecule has 0 bridgehead atoms. The van der Waals surface area contributed by atoms with Crippen LogP contribution >= 0.6 is 0 Å². The molecule has 0 spiro atoms. The van der Waals surface area contributed by atoms with E-state index < -0.39 is 0 Å². The molecule has 78 valence electrons. The first-order chi connectivity index (χ1) is 6.56. The van der Waals surface area contributed by atoms with E-state index in [1.807, 2.05) is 44.1 Å². The Hall–Kier alpha value is -1.06. The minimum atomic E-state index is -0.283. The smallest absolute Gasteiger partial charge is 0.0624 e. The Labute approximate surface area is 85.2 Å². The molecule has 0 aliphatic rings. The Morgan fingerprint density at radius 2 is 2.07 bits per heavy atom. The first-order valence-corrected chi connectivity index (χ1v) is 4.70. The second kappa shape index (κ2) is 4.44. The lowest BCUT2D eigenvalue weighted by Crippen LogP contribution is -2.17. The number of nitrogens with zero attached hydrogens (tertiary/aromatic N) is 1. The summed E-state index contributed by atoms with van der Waals surface area (Å²) in [5.41, 5.74) is 9.04. The third kappa shape index (κ3) is 2.25. The Bertz CT molecular complexity index is 310. The summed E-state index contributed by atoms with van der Waals surface area (Å²) in [5.74, 6) is 0. The Morgan fingerprint density at radius 3 is 2.57 bits per heavy atom. The van der Waals surface area contributed by atoms with Crippen LogP contribution in [0, 0.1) is 6.92 Å². The summed E-state index contributed by atoms with van der Waals surface area (Å²) in [4.78, 5) is 2.02. The van der Waals surface area contributed by atoms with Gasteiger partial charge in [-0.2, -0.15) is 0 Å². The average Bonchev–Trinajstić information content (AvgIpc) is 2.17. The molecule has 3 nitrogen and oxygen atoms in total. The summed E-state index contributed by atoms with van der Waals surface area (Å²) >= 11 is 0. The van der Waals surface area contributed by atoms with Crippen LogP contribution in [0.2, 0.25) is 0 Å². The first-order valence-electron chi connectivity index (χ1n) is 4.70. The molecule has 3 N–H and O–H groups in total. The van der Waals surface area contributed by atoms with Crippen LogP contribution < -0.4 is 10.6 Å². The summed E-state index contributed by atoms with van der Waals surface area (Å²) in [6.07, 6.45) is 0. The monoisotopic (exact) mass is 194 g/mol. The number of rotatable bonds is 3. The molecule has 0 fully saturated rings. The lowest BCUT2D eigenvalue weighted by molar-refractivity contribution is 0.267. The van der Waals surface area contributed by atoms with Gasteiger partial charge in [-0.1, -0.05) is 6.07 Å². The normalized spacial score (nSPS) is 12.6. The largest absolute Gasteiger partial charge is 0.394 e. The molecule has 0 unspecified atom stereocenters. The summed E-state index contributed by atoms with van der Waals surface area (Å²) in [6.45, 7) is 1.99. The van der Waals surface area contributed by atoms with Crippen molar-refractivity contribution in [3.05, 3.63) is 29.3 Å². The molecule has 14 heavy (non-hydrogen) atoms. The van der Waals surface area contributed by atoms with Crippen molar-refractivity contribution in [2.75, 3.05) is 25.6 Å². The van der Waals surface area contributed by atoms with Gasteiger partial charge in [-0.3, -0.25) is 0 Å². The lowest BCUT2D eigenvalue weighted by Gasteiger charge is -2.18. The molecule has 0 aliphatic carbocycles. The van der Waals surface area contributed by atoms with E-state index in [4.69, 9.17) is 10.8 Å². The number of nitrogens with two attached hydrogens (primary N) is 1. The van der Waals surface area contributed by atoms with Crippen LogP contribution in [-0.4, -0.2) is 25.8 Å². The second-order valence-electron chi connectivity index (χ2n) is 3.72. The number of hydrogen-bond acceptors (Lipinski definition) is 3. The summed E-state index contributed by atoms with van der Waals surface area (Å²) in [5, 5.41) is 9.00. The van der Waals surface area contributed by atoms with Crippen LogP contribution in [0.5, 0.6) is 0 Å². The fourth-order valence-electron chi connectivity index (χ4n) is 1.40. The molecule has 1 rings (SSSR count). The van der Waals surface area contributed by atoms with Crippen molar-refractivity contribution in [2.24, 2.45) is 5.73 Å². The summed E-state index contributed by atoms with van der Waals surface area (Å²) < 4.78 is 0. The zero-order valence-electron chi connectivity index (χ0n) is 8.99. The molecule has 1 aromatic rings. The van der Waals surface area contributed by atoms with Gasteiger partial charge in [0.05, 0.1) is 12.6 Å². The van der Waals surface area contributed by atoms with Crippen LogP contribution in [0.1, 0.15) is 17.2 Å². The van der Waals surface area contributed by atoms with E-state index >= 15 is 0 Å². The van der Waals surface area contributed by atoms with E-state index in [1.54, 1.807) is 0 Å². The van der Waals surface area contributed by atoms with Crippen LogP contribution in [0.4, 0.5) is 5.69 Å². The van der Waals surface area contributed by atoms with Crippen molar-refractivity contribution < 1.29 is 5.11 Å². The molecule has 3 heteroatoms. The van der Waals surface area contributed by atoms with Crippen molar-refractivity contribution in [3.63, 3.8) is 0 Å². The van der Waals surface area contributed by atoms with Gasteiger partial charge in [0, 0.05) is 19.8 Å². The zero-order valence-corrected chi connectivity index (χ0v) is 8.99. The standard InChI is InChI=1S/C11H18N2O/c1-8-4-5-9(13(2)3)6-10(8)11(12)7-14/h4-6,11,14H,7,12H2,1-3H3/t11-/m0/s1. The molecular formula is C11H18N2O. The maximum Gasteiger partial charge on any atom is 0.0624 e. The molecule has 0 heterocycles. The molecule has 1 aromatic carbocycles. The predicted octanol–water partition coefficient (Wildman–Crippen LogP) is 1.05. The Kier molecular flexibility index (Phi) is 3.49. The van der Waals surface area contributed by atoms with Gasteiger partial charge in [-0.15, -0.1) is 0 Å². The highest BCUT2D eigenvalue weighted by atomic mass is 16.3. The topological polar surface area (TPSA) is 49.5 Å². The van der Waals surface area contributed by atoms with Crippen LogP contribution in [-0.2, 0) is 0 Å². The SMILES string of the molecule is Cc1ccc(N(C)C)cc1[C@@H](N)CO. The highest BCUT2D eigenvalue weighted by Crippen LogP contribution is 2.21. The Morgan fingerprint density at radius 1 is 1.43 bits per heavy atom. The molecule has 0 radical (unpaired) electrons. The number of aliphatic hydroxyl groups excluding tert-OH is 1. The highest BCUT2D eigenvalue weighted by molar-refractivity contribution is 5.50. The minimum absolute atomic E-state index is 0.0161. The van der Waals surface area contributed by atoms with Gasteiger partial charge < -0.3 is 15.7 Å². The number of aliphatic hydroxyl groups is 1. The van der Waals surface area contributed by atoms with E-state index in [-0.39, 0.29) is 12.6 Å². The molecule has 0 saturated heterocycles. The van der Waals surface area contributed by atoms with Crippen molar-refractivity contribution in [1.82, 2.24) is 0 Å². The van der Waals surface area contributed by atoms with E-state index in [9.17, 15) is 0 Å². The number of aryl methyl sites for hydroxylation is 1. The van der Waals surface area contributed by atoms with Crippen LogP contribution in [0.25, 0.3) is 0 Å². The number of anilines is 1. The summed E-state index contributed by atoms with van der Waals surface area (Å²) in [7, 11) is 3.97. The number of benzene rings is 1. The maximum absolute atomic E-state index is 9.00. The number of hydrogen-bond donors (Lipinski definition) is 2. The van der Waals surface area contributed by atoms with Gasteiger partial charge in [-0.05, 0) is 30.2 Å². The molecular weight excluding hydrogens is 176 g/mol.